The molecule has 0 atom stereocenters. The number of hydrogen-bond acceptors (Lipinski definition) is 3. The van der Waals surface area contributed by atoms with Crippen molar-refractivity contribution in [1.29, 1.82) is 0 Å². The van der Waals surface area contributed by atoms with Crippen LogP contribution < -0.4 is 11.5 Å². The van der Waals surface area contributed by atoms with Gasteiger partial charge in [-0.2, -0.15) is 0 Å². The Morgan fingerprint density at radius 1 is 1.43 bits per heavy atom. The summed E-state index contributed by atoms with van der Waals surface area (Å²) in [7, 11) is 0. The summed E-state index contributed by atoms with van der Waals surface area (Å²) in [4.78, 5) is 4.18. The van der Waals surface area contributed by atoms with E-state index >= 15 is 0 Å². The largest absolute Gasteiger partial charge is 0.369 e. The van der Waals surface area contributed by atoms with Crippen molar-refractivity contribution in [3.05, 3.63) is 23.2 Å². The Balaban J connectivity index is 2.70. The molecule has 0 radical (unpaired) electrons. The molecule has 0 aliphatic heterocycles. The first kappa shape index (κ1) is 9.30. The lowest BCUT2D eigenvalue weighted by Gasteiger charge is -2.02. The van der Waals surface area contributed by atoms with Crippen LogP contribution in [0.5, 0.6) is 0 Å². The van der Waals surface area contributed by atoms with Crippen LogP contribution in [-0.2, 0) is 6.54 Å². The van der Waals surface area contributed by atoms with Crippen LogP contribution in [0.15, 0.2) is 18.2 Å². The second-order valence-electron chi connectivity index (χ2n) is 3.02. The monoisotopic (exact) mass is 210 g/mol. The highest BCUT2D eigenvalue weighted by Crippen LogP contribution is 2.24. The van der Waals surface area contributed by atoms with Crippen molar-refractivity contribution in [3.8, 4) is 0 Å². The van der Waals surface area contributed by atoms with E-state index in [4.69, 9.17) is 23.1 Å². The standard InChI is InChI=1S/C9H11ClN4/c10-6-2-1-3-7-8(6)13-9(12)14(7)5-4-11/h1-3H,4-5,11H2,(H2,12,13). The van der Waals surface area contributed by atoms with Crippen LogP contribution in [0.25, 0.3) is 11.0 Å². The maximum absolute atomic E-state index is 5.98. The van der Waals surface area contributed by atoms with Gasteiger partial charge in [-0.3, -0.25) is 0 Å². The number of aromatic nitrogens is 2. The summed E-state index contributed by atoms with van der Waals surface area (Å²) in [6, 6.07) is 5.60. The van der Waals surface area contributed by atoms with E-state index < -0.39 is 0 Å². The molecule has 0 amide bonds. The van der Waals surface area contributed by atoms with Gasteiger partial charge < -0.3 is 16.0 Å². The number of benzene rings is 1. The Kier molecular flexibility index (Phi) is 2.31. The Morgan fingerprint density at radius 2 is 2.21 bits per heavy atom. The van der Waals surface area contributed by atoms with Crippen LogP contribution in [0.1, 0.15) is 0 Å². The average Bonchev–Trinajstić information content (AvgIpc) is 2.47. The Morgan fingerprint density at radius 3 is 2.93 bits per heavy atom. The molecule has 1 heterocycles. The minimum Gasteiger partial charge on any atom is -0.369 e. The molecule has 0 saturated carbocycles. The minimum absolute atomic E-state index is 0.457. The summed E-state index contributed by atoms with van der Waals surface area (Å²) in [5.74, 6) is 0.457. The zero-order valence-electron chi connectivity index (χ0n) is 7.57. The van der Waals surface area contributed by atoms with E-state index in [2.05, 4.69) is 4.98 Å². The summed E-state index contributed by atoms with van der Waals surface area (Å²) in [5, 5.41) is 0.616. The number of nitrogens with zero attached hydrogens (tertiary/aromatic N) is 2. The van der Waals surface area contributed by atoms with E-state index in [9.17, 15) is 0 Å². The van der Waals surface area contributed by atoms with E-state index in [-0.39, 0.29) is 0 Å². The van der Waals surface area contributed by atoms with Gasteiger partial charge in [0.1, 0.15) is 5.52 Å². The molecule has 2 rings (SSSR count). The molecule has 0 spiro atoms. The summed E-state index contributed by atoms with van der Waals surface area (Å²) >= 11 is 5.98. The highest BCUT2D eigenvalue weighted by Gasteiger charge is 2.09. The molecule has 0 aliphatic rings. The zero-order valence-corrected chi connectivity index (χ0v) is 8.33. The minimum atomic E-state index is 0.457. The third-order valence-corrected chi connectivity index (χ3v) is 2.42. The molecule has 0 saturated heterocycles. The molecule has 0 fully saturated rings. The van der Waals surface area contributed by atoms with Gasteiger partial charge in [-0.15, -0.1) is 0 Å². The highest BCUT2D eigenvalue weighted by atomic mass is 35.5. The van der Waals surface area contributed by atoms with Crippen molar-refractivity contribution in [2.24, 2.45) is 5.73 Å². The molecular formula is C9H11ClN4. The summed E-state index contributed by atoms with van der Waals surface area (Å²) in [5.41, 5.74) is 12.9. The van der Waals surface area contributed by atoms with Crippen molar-refractivity contribution in [1.82, 2.24) is 9.55 Å². The maximum Gasteiger partial charge on any atom is 0.201 e. The number of nitrogens with two attached hydrogens (primary N) is 2. The Hall–Kier alpha value is -1.26. The molecule has 1 aromatic heterocycles. The lowest BCUT2D eigenvalue weighted by molar-refractivity contribution is 0.738. The van der Waals surface area contributed by atoms with Crippen molar-refractivity contribution in [3.63, 3.8) is 0 Å². The van der Waals surface area contributed by atoms with Gasteiger partial charge in [0.15, 0.2) is 0 Å². The van der Waals surface area contributed by atoms with Crippen LogP contribution in [0.3, 0.4) is 0 Å². The smallest absolute Gasteiger partial charge is 0.201 e. The second kappa shape index (κ2) is 3.48. The van der Waals surface area contributed by atoms with Crippen LogP contribution in [0.2, 0.25) is 5.02 Å². The maximum atomic E-state index is 5.98. The Bertz CT molecular complexity index is 463. The van der Waals surface area contributed by atoms with E-state index in [1.54, 1.807) is 6.07 Å². The van der Waals surface area contributed by atoms with E-state index in [1.165, 1.54) is 0 Å². The molecule has 2 aromatic rings. The zero-order chi connectivity index (χ0) is 10.1. The fraction of sp³-hybridized carbons (Fsp3) is 0.222. The van der Waals surface area contributed by atoms with Gasteiger partial charge in [-0.1, -0.05) is 17.7 Å². The van der Waals surface area contributed by atoms with E-state index in [0.717, 1.165) is 11.0 Å². The molecule has 14 heavy (non-hydrogen) atoms. The number of rotatable bonds is 2. The molecule has 4 N–H and O–H groups in total. The predicted octanol–water partition coefficient (Wildman–Crippen LogP) is 1.23. The van der Waals surface area contributed by atoms with Gasteiger partial charge in [0.05, 0.1) is 10.5 Å². The topological polar surface area (TPSA) is 69.9 Å². The van der Waals surface area contributed by atoms with Gasteiger partial charge in [0.2, 0.25) is 5.95 Å². The first-order chi connectivity index (χ1) is 6.74. The number of halogens is 1. The van der Waals surface area contributed by atoms with Crippen LogP contribution in [0.4, 0.5) is 5.95 Å². The second-order valence-corrected chi connectivity index (χ2v) is 3.43. The molecule has 0 bridgehead atoms. The Labute approximate surface area is 86.5 Å². The molecule has 4 nitrogen and oxygen atoms in total. The summed E-state index contributed by atoms with van der Waals surface area (Å²) in [6.45, 7) is 1.19. The van der Waals surface area contributed by atoms with Crippen LogP contribution in [0, 0.1) is 0 Å². The number of imidazole rings is 1. The molecule has 1 aromatic carbocycles. The van der Waals surface area contributed by atoms with Crippen molar-refractivity contribution < 1.29 is 0 Å². The van der Waals surface area contributed by atoms with E-state index in [0.29, 0.717) is 24.1 Å². The molecule has 5 heteroatoms. The van der Waals surface area contributed by atoms with Gasteiger partial charge in [-0.05, 0) is 12.1 Å². The fourth-order valence-corrected chi connectivity index (χ4v) is 1.71. The predicted molar refractivity (Wildman–Crippen MR) is 58.2 cm³/mol. The van der Waals surface area contributed by atoms with Gasteiger partial charge >= 0.3 is 0 Å². The first-order valence-corrected chi connectivity index (χ1v) is 4.72. The van der Waals surface area contributed by atoms with E-state index in [1.807, 2.05) is 16.7 Å². The molecule has 0 unspecified atom stereocenters. The lowest BCUT2D eigenvalue weighted by atomic mass is 10.3. The number of nitrogen functional groups attached to an aromatic ring is 1. The van der Waals surface area contributed by atoms with Gasteiger partial charge in [0, 0.05) is 13.1 Å². The lowest BCUT2D eigenvalue weighted by Crippen LogP contribution is -2.11. The normalized spacial score (nSPS) is 11.0. The van der Waals surface area contributed by atoms with Gasteiger partial charge in [0.25, 0.3) is 0 Å². The van der Waals surface area contributed by atoms with Crippen LogP contribution >= 0.6 is 11.6 Å². The number of fused-ring (bicyclic) bond motifs is 1. The molecule has 0 aliphatic carbocycles. The first-order valence-electron chi connectivity index (χ1n) is 4.34. The quantitative estimate of drug-likeness (QED) is 0.784. The van der Waals surface area contributed by atoms with Crippen molar-refractivity contribution in [2.75, 3.05) is 12.3 Å². The average molecular weight is 211 g/mol. The van der Waals surface area contributed by atoms with Crippen molar-refractivity contribution in [2.45, 2.75) is 6.54 Å². The third kappa shape index (κ3) is 1.32. The number of para-hydroxylation sites is 1. The number of anilines is 1. The third-order valence-electron chi connectivity index (χ3n) is 2.11. The van der Waals surface area contributed by atoms with Gasteiger partial charge in [-0.25, -0.2) is 4.98 Å². The summed E-state index contributed by atoms with van der Waals surface area (Å²) < 4.78 is 1.86. The SMILES string of the molecule is NCCn1c(N)nc2c(Cl)cccc21. The number of hydrogen-bond donors (Lipinski definition) is 2. The van der Waals surface area contributed by atoms with Crippen molar-refractivity contribution >= 4 is 28.6 Å². The highest BCUT2D eigenvalue weighted by molar-refractivity contribution is 6.35. The van der Waals surface area contributed by atoms with Crippen LogP contribution in [-0.4, -0.2) is 16.1 Å². The fourth-order valence-electron chi connectivity index (χ4n) is 1.49. The summed E-state index contributed by atoms with van der Waals surface area (Å²) in [6.07, 6.45) is 0. The molecule has 74 valence electrons. The molecular weight excluding hydrogens is 200 g/mol.